The number of anilines is 1. The molecule has 2 aliphatic rings. The first-order valence-corrected chi connectivity index (χ1v) is 8.43. The quantitative estimate of drug-likeness (QED) is 0.840. The van der Waals surface area contributed by atoms with E-state index in [1.54, 1.807) is 11.3 Å². The van der Waals surface area contributed by atoms with E-state index in [9.17, 15) is 4.79 Å². The van der Waals surface area contributed by atoms with Gasteiger partial charge in [0.2, 0.25) is 0 Å². The number of nitrogen functional groups attached to an aromatic ring is 1. The molecule has 1 fully saturated rings. The smallest absolute Gasteiger partial charge is 0.341 e. The molecule has 1 saturated carbocycles. The number of ether oxygens (including phenoxy) is 1. The van der Waals surface area contributed by atoms with Gasteiger partial charge in [-0.05, 0) is 56.9 Å². The van der Waals surface area contributed by atoms with Crippen LogP contribution < -0.4 is 5.73 Å². The van der Waals surface area contributed by atoms with E-state index in [0.717, 1.165) is 12.8 Å². The van der Waals surface area contributed by atoms with Crippen LogP contribution >= 0.6 is 11.3 Å². The predicted octanol–water partition coefficient (Wildman–Crippen LogP) is 3.94. The SMILES string of the molecule is CC(C)OC(=O)c1c(N)sc2c1CCC1(CCCC1)C2. The molecule has 1 spiro atoms. The topological polar surface area (TPSA) is 52.3 Å². The fourth-order valence-electron chi connectivity index (χ4n) is 3.81. The number of esters is 1. The van der Waals surface area contributed by atoms with Gasteiger partial charge < -0.3 is 10.5 Å². The zero-order chi connectivity index (χ0) is 14.3. The molecule has 0 amide bonds. The van der Waals surface area contributed by atoms with E-state index in [1.165, 1.54) is 42.5 Å². The van der Waals surface area contributed by atoms with Crippen molar-refractivity contribution in [1.29, 1.82) is 0 Å². The molecule has 0 radical (unpaired) electrons. The molecule has 2 aliphatic carbocycles. The summed E-state index contributed by atoms with van der Waals surface area (Å²) >= 11 is 1.61. The summed E-state index contributed by atoms with van der Waals surface area (Å²) in [5, 5.41) is 0.649. The summed E-state index contributed by atoms with van der Waals surface area (Å²) in [6.45, 7) is 3.75. The fourth-order valence-corrected chi connectivity index (χ4v) is 5.09. The maximum absolute atomic E-state index is 12.2. The van der Waals surface area contributed by atoms with Gasteiger partial charge in [0.05, 0.1) is 11.7 Å². The zero-order valence-corrected chi connectivity index (χ0v) is 13.1. The Morgan fingerprint density at radius 1 is 1.30 bits per heavy atom. The number of nitrogens with two attached hydrogens (primary N) is 1. The summed E-state index contributed by atoms with van der Waals surface area (Å²) in [5.41, 5.74) is 8.44. The Morgan fingerprint density at radius 3 is 2.65 bits per heavy atom. The molecule has 0 aliphatic heterocycles. The van der Waals surface area contributed by atoms with Gasteiger partial charge in [0.1, 0.15) is 5.00 Å². The Kier molecular flexibility index (Phi) is 3.53. The summed E-state index contributed by atoms with van der Waals surface area (Å²) in [7, 11) is 0. The highest BCUT2D eigenvalue weighted by Crippen LogP contribution is 2.51. The lowest BCUT2D eigenvalue weighted by Crippen LogP contribution is -2.25. The molecule has 3 rings (SSSR count). The van der Waals surface area contributed by atoms with E-state index in [1.807, 2.05) is 13.8 Å². The highest BCUT2D eigenvalue weighted by atomic mass is 32.1. The van der Waals surface area contributed by atoms with Crippen LogP contribution in [0.2, 0.25) is 0 Å². The molecule has 1 aromatic heterocycles. The predicted molar refractivity (Wildman–Crippen MR) is 82.2 cm³/mol. The highest BCUT2D eigenvalue weighted by Gasteiger charge is 2.39. The summed E-state index contributed by atoms with van der Waals surface area (Å²) in [4.78, 5) is 13.6. The molecule has 4 heteroatoms. The van der Waals surface area contributed by atoms with Crippen LogP contribution in [0, 0.1) is 5.41 Å². The molecule has 20 heavy (non-hydrogen) atoms. The van der Waals surface area contributed by atoms with Crippen LogP contribution in [0.4, 0.5) is 5.00 Å². The molecule has 1 heterocycles. The van der Waals surface area contributed by atoms with Crippen LogP contribution in [-0.4, -0.2) is 12.1 Å². The number of carbonyl (C=O) groups is 1. The van der Waals surface area contributed by atoms with Gasteiger partial charge in [-0.1, -0.05) is 12.8 Å². The number of fused-ring (bicyclic) bond motifs is 1. The lowest BCUT2D eigenvalue weighted by molar-refractivity contribution is 0.0377. The van der Waals surface area contributed by atoms with E-state index in [0.29, 0.717) is 16.0 Å². The van der Waals surface area contributed by atoms with Gasteiger partial charge in [0.25, 0.3) is 0 Å². The van der Waals surface area contributed by atoms with Crippen molar-refractivity contribution in [2.24, 2.45) is 5.41 Å². The Morgan fingerprint density at radius 2 is 2.00 bits per heavy atom. The molecule has 0 atom stereocenters. The number of hydrogen-bond donors (Lipinski definition) is 1. The fraction of sp³-hybridized carbons (Fsp3) is 0.688. The average Bonchev–Trinajstić information content (AvgIpc) is 2.92. The van der Waals surface area contributed by atoms with Crippen molar-refractivity contribution < 1.29 is 9.53 Å². The van der Waals surface area contributed by atoms with E-state index < -0.39 is 0 Å². The first-order valence-electron chi connectivity index (χ1n) is 7.62. The number of thiophene rings is 1. The Labute approximate surface area is 124 Å². The van der Waals surface area contributed by atoms with Crippen molar-refractivity contribution in [3.8, 4) is 0 Å². The Hall–Kier alpha value is -1.03. The van der Waals surface area contributed by atoms with Gasteiger partial charge >= 0.3 is 5.97 Å². The van der Waals surface area contributed by atoms with Gasteiger partial charge in [0.15, 0.2) is 0 Å². The summed E-state index contributed by atoms with van der Waals surface area (Å²) in [6, 6.07) is 0. The van der Waals surface area contributed by atoms with Crippen molar-refractivity contribution in [2.45, 2.75) is 64.9 Å². The van der Waals surface area contributed by atoms with Crippen LogP contribution in [0.15, 0.2) is 0 Å². The van der Waals surface area contributed by atoms with Gasteiger partial charge in [-0.15, -0.1) is 11.3 Å². The van der Waals surface area contributed by atoms with Crippen LogP contribution in [0.25, 0.3) is 0 Å². The minimum atomic E-state index is -0.239. The summed E-state index contributed by atoms with van der Waals surface area (Å²) < 4.78 is 5.35. The molecule has 0 unspecified atom stereocenters. The van der Waals surface area contributed by atoms with E-state index in [4.69, 9.17) is 10.5 Å². The average molecular weight is 293 g/mol. The molecular formula is C16H23NO2S. The first kappa shape index (κ1) is 13.9. The van der Waals surface area contributed by atoms with Gasteiger partial charge in [-0.2, -0.15) is 0 Å². The molecule has 0 aromatic carbocycles. The van der Waals surface area contributed by atoms with Gasteiger partial charge in [-0.3, -0.25) is 0 Å². The third-order valence-corrected chi connectivity index (χ3v) is 5.83. The van der Waals surface area contributed by atoms with Crippen molar-refractivity contribution in [3.63, 3.8) is 0 Å². The minimum absolute atomic E-state index is 0.0952. The number of hydrogen-bond acceptors (Lipinski definition) is 4. The van der Waals surface area contributed by atoms with Crippen molar-refractivity contribution in [3.05, 3.63) is 16.0 Å². The van der Waals surface area contributed by atoms with Crippen molar-refractivity contribution >= 4 is 22.3 Å². The normalized spacial score (nSPS) is 20.4. The van der Waals surface area contributed by atoms with Crippen molar-refractivity contribution in [2.75, 3.05) is 5.73 Å². The molecular weight excluding hydrogens is 270 g/mol. The molecule has 2 N–H and O–H groups in total. The lowest BCUT2D eigenvalue weighted by Gasteiger charge is -2.33. The first-order chi connectivity index (χ1) is 9.51. The number of carbonyl (C=O) groups excluding carboxylic acids is 1. The van der Waals surface area contributed by atoms with Crippen molar-refractivity contribution in [1.82, 2.24) is 0 Å². The summed E-state index contributed by atoms with van der Waals surface area (Å²) in [6.07, 6.45) is 8.63. The molecule has 110 valence electrons. The second-order valence-corrected chi connectivity index (χ2v) is 7.72. The highest BCUT2D eigenvalue weighted by molar-refractivity contribution is 7.16. The molecule has 0 bridgehead atoms. The minimum Gasteiger partial charge on any atom is -0.459 e. The van der Waals surface area contributed by atoms with E-state index in [2.05, 4.69) is 0 Å². The maximum atomic E-state index is 12.2. The van der Waals surface area contributed by atoms with Gasteiger partial charge in [0, 0.05) is 4.88 Å². The second kappa shape index (κ2) is 5.06. The molecule has 0 saturated heterocycles. The largest absolute Gasteiger partial charge is 0.459 e. The molecule has 3 nitrogen and oxygen atoms in total. The van der Waals surface area contributed by atoms with E-state index in [-0.39, 0.29) is 12.1 Å². The standard InChI is InChI=1S/C16H23NO2S/c1-10(2)19-15(18)13-11-5-8-16(6-3-4-7-16)9-12(11)20-14(13)17/h10H,3-9,17H2,1-2H3. The van der Waals surface area contributed by atoms with Crippen LogP contribution in [-0.2, 0) is 17.6 Å². The monoisotopic (exact) mass is 293 g/mol. The summed E-state index contributed by atoms with van der Waals surface area (Å²) in [5.74, 6) is -0.239. The van der Waals surface area contributed by atoms with Crippen LogP contribution in [0.1, 0.15) is 66.8 Å². The van der Waals surface area contributed by atoms with Gasteiger partial charge in [-0.25, -0.2) is 4.79 Å². The third-order valence-electron chi connectivity index (χ3n) is 4.77. The second-order valence-electron chi connectivity index (χ2n) is 6.58. The maximum Gasteiger partial charge on any atom is 0.341 e. The van der Waals surface area contributed by atoms with E-state index >= 15 is 0 Å². The van der Waals surface area contributed by atoms with Crippen LogP contribution in [0.3, 0.4) is 0 Å². The van der Waals surface area contributed by atoms with Crippen LogP contribution in [0.5, 0.6) is 0 Å². The molecule has 1 aromatic rings. The Bertz CT molecular complexity index is 527. The third kappa shape index (κ3) is 2.34. The zero-order valence-electron chi connectivity index (χ0n) is 12.3. The Balaban J connectivity index is 1.89. The lowest BCUT2D eigenvalue weighted by atomic mass is 9.72. The number of rotatable bonds is 2.